The second kappa shape index (κ2) is 6.42. The molecular weight excluding hydrogens is 294 g/mol. The summed E-state index contributed by atoms with van der Waals surface area (Å²) in [6.07, 6.45) is 3.48. The number of rotatable bonds is 3. The molecule has 0 radical (unpaired) electrons. The summed E-state index contributed by atoms with van der Waals surface area (Å²) in [6.45, 7) is 3.24. The molecule has 1 fully saturated rings. The number of hydrogen-bond acceptors (Lipinski definition) is 4. The molecule has 3 rings (SSSR count). The number of H-pyrrole nitrogens is 1. The van der Waals surface area contributed by atoms with Gasteiger partial charge in [-0.1, -0.05) is 0 Å². The number of likely N-dealkylation sites (tertiary alicyclic amines) is 1. The summed E-state index contributed by atoms with van der Waals surface area (Å²) in [6, 6.07) is 6.80. The van der Waals surface area contributed by atoms with E-state index in [4.69, 9.17) is 10.2 Å². The van der Waals surface area contributed by atoms with E-state index in [0.717, 1.165) is 12.8 Å². The first-order chi connectivity index (χ1) is 11.1. The Balaban J connectivity index is 1.81. The third-order valence-corrected chi connectivity index (χ3v) is 4.42. The normalized spacial score (nSPS) is 19.6. The number of aromatic nitrogens is 1. The zero-order chi connectivity index (χ0) is 16.4. The molecule has 6 nitrogen and oxygen atoms in total. The van der Waals surface area contributed by atoms with E-state index in [1.807, 2.05) is 6.92 Å². The van der Waals surface area contributed by atoms with Crippen LogP contribution in [0.15, 0.2) is 39.7 Å². The van der Waals surface area contributed by atoms with Crippen LogP contribution in [0.1, 0.15) is 30.1 Å². The molecule has 1 aliphatic heterocycles. The van der Waals surface area contributed by atoms with Crippen LogP contribution in [-0.2, 0) is 0 Å². The first-order valence-electron chi connectivity index (χ1n) is 7.88. The number of nitrogens with zero attached hydrogens (tertiary/aromatic N) is 1. The molecule has 2 aromatic rings. The molecule has 1 amide bonds. The third kappa shape index (κ3) is 3.22. The molecule has 3 N–H and O–H groups in total. The highest BCUT2D eigenvalue weighted by Crippen LogP contribution is 2.21. The van der Waals surface area contributed by atoms with Crippen LogP contribution in [0.4, 0.5) is 0 Å². The molecule has 122 valence electrons. The van der Waals surface area contributed by atoms with E-state index in [0.29, 0.717) is 24.5 Å². The predicted octanol–water partition coefficient (Wildman–Crippen LogP) is 1.83. The van der Waals surface area contributed by atoms with Gasteiger partial charge in [0, 0.05) is 19.1 Å². The number of nitrogens with two attached hydrogens (primary N) is 1. The Kier molecular flexibility index (Phi) is 4.34. The van der Waals surface area contributed by atoms with Crippen molar-refractivity contribution in [3.05, 3.63) is 46.4 Å². The van der Waals surface area contributed by atoms with Crippen LogP contribution in [0.5, 0.6) is 0 Å². The van der Waals surface area contributed by atoms with E-state index in [9.17, 15) is 9.59 Å². The molecular formula is C17H21N3O3. The van der Waals surface area contributed by atoms with E-state index in [2.05, 4.69) is 4.98 Å². The Bertz CT molecular complexity index is 734. The van der Waals surface area contributed by atoms with Gasteiger partial charge in [-0.25, -0.2) is 0 Å². The number of nitrogens with one attached hydrogen (secondary N) is 1. The monoisotopic (exact) mass is 315 g/mol. The molecule has 2 unspecified atom stereocenters. The largest absolute Gasteiger partial charge is 0.463 e. The van der Waals surface area contributed by atoms with Gasteiger partial charge in [-0.15, -0.1) is 0 Å². The number of furan rings is 1. The quantitative estimate of drug-likeness (QED) is 0.904. The number of amides is 1. The lowest BCUT2D eigenvalue weighted by Crippen LogP contribution is -2.46. The second-order valence-electron chi connectivity index (χ2n) is 6.10. The minimum atomic E-state index is -0.396. The Morgan fingerprint density at radius 3 is 2.91 bits per heavy atom. The maximum absolute atomic E-state index is 12.6. The van der Waals surface area contributed by atoms with Crippen LogP contribution in [0.2, 0.25) is 0 Å². The van der Waals surface area contributed by atoms with E-state index >= 15 is 0 Å². The molecule has 0 bridgehead atoms. The van der Waals surface area contributed by atoms with Crippen molar-refractivity contribution in [2.24, 2.45) is 11.7 Å². The maximum atomic E-state index is 12.6. The van der Waals surface area contributed by atoms with E-state index in [1.54, 1.807) is 29.2 Å². The zero-order valence-corrected chi connectivity index (χ0v) is 13.1. The molecule has 2 aromatic heterocycles. The van der Waals surface area contributed by atoms with Crippen molar-refractivity contribution in [2.75, 3.05) is 13.1 Å². The fourth-order valence-corrected chi connectivity index (χ4v) is 3.01. The minimum Gasteiger partial charge on any atom is -0.463 e. The van der Waals surface area contributed by atoms with Crippen molar-refractivity contribution < 1.29 is 9.21 Å². The molecule has 2 atom stereocenters. The molecule has 0 spiro atoms. The summed E-state index contributed by atoms with van der Waals surface area (Å²) in [5, 5.41) is 0. The smallest absolute Gasteiger partial charge is 0.261 e. The summed E-state index contributed by atoms with van der Waals surface area (Å²) >= 11 is 0. The van der Waals surface area contributed by atoms with Gasteiger partial charge in [0.25, 0.3) is 11.5 Å². The lowest BCUT2D eigenvalue weighted by Gasteiger charge is -2.34. The lowest BCUT2D eigenvalue weighted by atomic mass is 9.92. The number of aromatic amines is 1. The zero-order valence-electron chi connectivity index (χ0n) is 13.1. The number of carbonyl (C=O) groups excluding carboxylic acids is 1. The molecule has 1 aliphatic rings. The van der Waals surface area contributed by atoms with Crippen LogP contribution in [0.3, 0.4) is 0 Å². The van der Waals surface area contributed by atoms with Gasteiger partial charge in [0.05, 0.1) is 12.0 Å². The summed E-state index contributed by atoms with van der Waals surface area (Å²) in [5.41, 5.74) is 6.28. The van der Waals surface area contributed by atoms with Crippen molar-refractivity contribution in [3.8, 4) is 11.5 Å². The molecule has 23 heavy (non-hydrogen) atoms. The van der Waals surface area contributed by atoms with Crippen molar-refractivity contribution in [1.82, 2.24) is 9.88 Å². The van der Waals surface area contributed by atoms with Gasteiger partial charge in [0.15, 0.2) is 0 Å². The third-order valence-electron chi connectivity index (χ3n) is 4.42. The van der Waals surface area contributed by atoms with Gasteiger partial charge in [-0.05, 0) is 49.9 Å². The van der Waals surface area contributed by atoms with Crippen LogP contribution in [0, 0.1) is 5.92 Å². The van der Waals surface area contributed by atoms with Crippen molar-refractivity contribution in [3.63, 3.8) is 0 Å². The highest BCUT2D eigenvalue weighted by molar-refractivity contribution is 5.94. The molecule has 0 aromatic carbocycles. The summed E-state index contributed by atoms with van der Waals surface area (Å²) in [7, 11) is 0. The van der Waals surface area contributed by atoms with Gasteiger partial charge in [0.1, 0.15) is 11.3 Å². The van der Waals surface area contributed by atoms with Crippen LogP contribution in [0.25, 0.3) is 11.5 Å². The van der Waals surface area contributed by atoms with Crippen molar-refractivity contribution in [2.45, 2.75) is 25.8 Å². The fourth-order valence-electron chi connectivity index (χ4n) is 3.01. The number of hydrogen-bond donors (Lipinski definition) is 2. The topological polar surface area (TPSA) is 92.3 Å². The SMILES string of the molecule is CC(N)C1CCCN(C(=O)c2ccc(-c3ccco3)[nH]c2=O)C1. The Hall–Kier alpha value is -2.34. The van der Waals surface area contributed by atoms with E-state index in [-0.39, 0.29) is 23.4 Å². The number of carbonyl (C=O) groups is 1. The number of piperidine rings is 1. The van der Waals surface area contributed by atoms with Gasteiger partial charge in [0.2, 0.25) is 0 Å². The Morgan fingerprint density at radius 1 is 1.43 bits per heavy atom. The Morgan fingerprint density at radius 2 is 2.26 bits per heavy atom. The molecule has 0 aliphatic carbocycles. The van der Waals surface area contributed by atoms with Crippen molar-refractivity contribution in [1.29, 1.82) is 0 Å². The van der Waals surface area contributed by atoms with Crippen molar-refractivity contribution >= 4 is 5.91 Å². The summed E-state index contributed by atoms with van der Waals surface area (Å²) < 4.78 is 5.25. The van der Waals surface area contributed by atoms with Crippen LogP contribution >= 0.6 is 0 Å². The van der Waals surface area contributed by atoms with Crippen LogP contribution in [-0.4, -0.2) is 34.9 Å². The molecule has 1 saturated heterocycles. The van der Waals surface area contributed by atoms with Crippen LogP contribution < -0.4 is 11.3 Å². The number of pyridine rings is 1. The van der Waals surface area contributed by atoms with Gasteiger partial charge in [-0.2, -0.15) is 0 Å². The highest BCUT2D eigenvalue weighted by Gasteiger charge is 2.27. The Labute approximate surface area is 134 Å². The summed E-state index contributed by atoms with van der Waals surface area (Å²) in [4.78, 5) is 29.3. The maximum Gasteiger partial charge on any atom is 0.261 e. The van der Waals surface area contributed by atoms with Gasteiger partial charge in [-0.3, -0.25) is 9.59 Å². The fraction of sp³-hybridized carbons (Fsp3) is 0.412. The highest BCUT2D eigenvalue weighted by atomic mass is 16.3. The summed E-state index contributed by atoms with van der Waals surface area (Å²) in [5.74, 6) is 0.618. The molecule has 6 heteroatoms. The molecule has 3 heterocycles. The van der Waals surface area contributed by atoms with Gasteiger partial charge >= 0.3 is 0 Å². The second-order valence-corrected chi connectivity index (χ2v) is 6.10. The average Bonchev–Trinajstić information content (AvgIpc) is 3.08. The first kappa shape index (κ1) is 15.6. The predicted molar refractivity (Wildman–Crippen MR) is 87.0 cm³/mol. The average molecular weight is 315 g/mol. The minimum absolute atomic E-state index is 0.0465. The standard InChI is InChI=1S/C17H21N3O3/c1-11(18)12-4-2-8-20(10-12)17(22)13-6-7-14(19-16(13)21)15-5-3-9-23-15/h3,5-7,9,11-12H,2,4,8,10,18H2,1H3,(H,19,21). The van der Waals surface area contributed by atoms with Gasteiger partial charge < -0.3 is 20.0 Å². The van der Waals surface area contributed by atoms with E-state index in [1.165, 1.54) is 6.26 Å². The van der Waals surface area contributed by atoms with E-state index < -0.39 is 5.56 Å². The first-order valence-corrected chi connectivity index (χ1v) is 7.88. The lowest BCUT2D eigenvalue weighted by molar-refractivity contribution is 0.0659. The molecule has 0 saturated carbocycles.